The number of amides is 2. The van der Waals surface area contributed by atoms with E-state index in [2.05, 4.69) is 10.3 Å². The smallest absolute Gasteiger partial charge is 0.254 e. The van der Waals surface area contributed by atoms with Crippen molar-refractivity contribution < 1.29 is 18.4 Å². The molecule has 7 heteroatoms. The van der Waals surface area contributed by atoms with Gasteiger partial charge in [0, 0.05) is 44.5 Å². The van der Waals surface area contributed by atoms with Gasteiger partial charge in [-0.25, -0.2) is 8.78 Å². The number of nitrogens with one attached hydrogen (secondary N) is 1. The first kappa shape index (κ1) is 22.1. The van der Waals surface area contributed by atoms with E-state index in [9.17, 15) is 18.4 Å². The van der Waals surface area contributed by atoms with Crippen LogP contribution in [0.2, 0.25) is 0 Å². The summed E-state index contributed by atoms with van der Waals surface area (Å²) in [7, 11) is 0. The number of rotatable bonds is 8. The van der Waals surface area contributed by atoms with Gasteiger partial charge in [-0.05, 0) is 41.8 Å². The Morgan fingerprint density at radius 2 is 1.84 bits per heavy atom. The van der Waals surface area contributed by atoms with Crippen LogP contribution in [0.3, 0.4) is 0 Å². The molecule has 0 aliphatic heterocycles. The molecule has 0 bridgehead atoms. The van der Waals surface area contributed by atoms with Gasteiger partial charge in [0.2, 0.25) is 5.91 Å². The van der Waals surface area contributed by atoms with Crippen molar-refractivity contribution in [2.75, 3.05) is 6.54 Å². The largest absolute Gasteiger partial charge is 0.351 e. The summed E-state index contributed by atoms with van der Waals surface area (Å²) in [5.41, 5.74) is 2.73. The summed E-state index contributed by atoms with van der Waals surface area (Å²) in [6.45, 7) is 2.81. The molecule has 0 unspecified atom stereocenters. The van der Waals surface area contributed by atoms with Crippen LogP contribution in [0.25, 0.3) is 0 Å². The van der Waals surface area contributed by atoms with E-state index in [0.717, 1.165) is 28.8 Å². The highest BCUT2D eigenvalue weighted by molar-refractivity contribution is 5.94. The molecule has 0 aliphatic rings. The fraction of sp³-hybridized carbons (Fsp3) is 0.208. The maximum Gasteiger partial charge on any atom is 0.254 e. The molecule has 0 radical (unpaired) electrons. The van der Waals surface area contributed by atoms with Crippen LogP contribution in [-0.2, 0) is 17.9 Å². The molecule has 2 amide bonds. The zero-order chi connectivity index (χ0) is 22.2. The van der Waals surface area contributed by atoms with Crippen LogP contribution < -0.4 is 5.32 Å². The van der Waals surface area contributed by atoms with Crippen molar-refractivity contribution in [1.29, 1.82) is 0 Å². The van der Waals surface area contributed by atoms with E-state index >= 15 is 0 Å². The van der Waals surface area contributed by atoms with Gasteiger partial charge in [-0.1, -0.05) is 30.3 Å². The van der Waals surface area contributed by atoms with Gasteiger partial charge >= 0.3 is 0 Å². The number of pyridine rings is 1. The highest BCUT2D eigenvalue weighted by Crippen LogP contribution is 2.14. The Hall–Kier alpha value is -3.61. The van der Waals surface area contributed by atoms with Gasteiger partial charge in [0.05, 0.1) is 5.56 Å². The van der Waals surface area contributed by atoms with Gasteiger partial charge in [0.15, 0.2) is 0 Å². The van der Waals surface area contributed by atoms with Crippen molar-refractivity contribution in [3.05, 3.63) is 101 Å². The quantitative estimate of drug-likeness (QED) is 0.595. The lowest BCUT2D eigenvalue weighted by atomic mass is 10.1. The second-order valence-corrected chi connectivity index (χ2v) is 7.17. The Kier molecular flexibility index (Phi) is 7.43. The minimum absolute atomic E-state index is 0.0335. The molecule has 5 nitrogen and oxygen atoms in total. The predicted octanol–water partition coefficient (Wildman–Crippen LogP) is 4.02. The van der Waals surface area contributed by atoms with E-state index < -0.39 is 17.5 Å². The molecule has 1 N–H and O–H groups in total. The van der Waals surface area contributed by atoms with Crippen molar-refractivity contribution in [3.63, 3.8) is 0 Å². The molecular weight excluding hydrogens is 400 g/mol. The summed E-state index contributed by atoms with van der Waals surface area (Å²) in [5, 5.41) is 2.52. The number of carbonyl (C=O) groups is 2. The van der Waals surface area contributed by atoms with Crippen LogP contribution >= 0.6 is 0 Å². The fourth-order valence-corrected chi connectivity index (χ4v) is 3.15. The molecule has 31 heavy (non-hydrogen) atoms. The fourth-order valence-electron chi connectivity index (χ4n) is 3.15. The van der Waals surface area contributed by atoms with Gasteiger partial charge in [-0.2, -0.15) is 0 Å². The lowest BCUT2D eigenvalue weighted by molar-refractivity contribution is -0.132. The number of hydrogen-bond acceptors (Lipinski definition) is 3. The Morgan fingerprint density at radius 3 is 2.55 bits per heavy atom. The summed E-state index contributed by atoms with van der Waals surface area (Å²) in [6.07, 6.45) is 3.42. The Labute approximate surface area is 179 Å². The Balaban J connectivity index is 1.64. The molecule has 3 aromatic rings. The van der Waals surface area contributed by atoms with Crippen molar-refractivity contribution in [2.45, 2.75) is 26.4 Å². The first-order valence-electron chi connectivity index (χ1n) is 9.88. The minimum Gasteiger partial charge on any atom is -0.351 e. The average molecular weight is 423 g/mol. The standard InChI is InChI=1S/C24H23F2N3O2/c1-17-5-2-3-7-19(17)16-29(15-18-6-4-11-27-14-18)23(30)10-12-28-24(31)21-9-8-20(25)13-22(21)26/h2-9,11,13-14H,10,12,15-16H2,1H3,(H,28,31). The van der Waals surface area contributed by atoms with E-state index in [1.54, 1.807) is 17.3 Å². The molecule has 1 heterocycles. The molecule has 0 saturated carbocycles. The topological polar surface area (TPSA) is 62.3 Å². The van der Waals surface area contributed by atoms with Crippen molar-refractivity contribution >= 4 is 11.8 Å². The molecular formula is C24H23F2N3O2. The van der Waals surface area contributed by atoms with Gasteiger partial charge < -0.3 is 10.2 Å². The maximum atomic E-state index is 13.8. The van der Waals surface area contributed by atoms with Crippen molar-refractivity contribution in [3.8, 4) is 0 Å². The van der Waals surface area contributed by atoms with Crippen molar-refractivity contribution in [1.82, 2.24) is 15.2 Å². The highest BCUT2D eigenvalue weighted by atomic mass is 19.1. The average Bonchev–Trinajstić information content (AvgIpc) is 2.75. The number of aryl methyl sites for hydroxylation is 1. The molecule has 2 aromatic carbocycles. The number of halogens is 2. The molecule has 0 fully saturated rings. The molecule has 160 valence electrons. The third-order valence-electron chi connectivity index (χ3n) is 4.87. The van der Waals surface area contributed by atoms with E-state index in [0.29, 0.717) is 19.2 Å². The second-order valence-electron chi connectivity index (χ2n) is 7.17. The molecule has 3 rings (SSSR count). The van der Waals surface area contributed by atoms with Crippen LogP contribution in [0, 0.1) is 18.6 Å². The van der Waals surface area contributed by atoms with Crippen LogP contribution in [0.5, 0.6) is 0 Å². The lowest BCUT2D eigenvalue weighted by Gasteiger charge is -2.24. The normalized spacial score (nSPS) is 10.5. The highest BCUT2D eigenvalue weighted by Gasteiger charge is 2.17. The minimum atomic E-state index is -0.943. The van der Waals surface area contributed by atoms with Crippen LogP contribution in [0.15, 0.2) is 67.0 Å². The van der Waals surface area contributed by atoms with Crippen molar-refractivity contribution in [2.24, 2.45) is 0 Å². The zero-order valence-electron chi connectivity index (χ0n) is 17.1. The number of hydrogen-bond donors (Lipinski definition) is 1. The monoisotopic (exact) mass is 423 g/mol. The van der Waals surface area contributed by atoms with Gasteiger partial charge in [0.1, 0.15) is 11.6 Å². The van der Waals surface area contributed by atoms with Gasteiger partial charge in [0.25, 0.3) is 5.91 Å². The summed E-state index contributed by atoms with van der Waals surface area (Å²) in [6, 6.07) is 14.3. The number of benzene rings is 2. The predicted molar refractivity (Wildman–Crippen MR) is 113 cm³/mol. The first-order chi connectivity index (χ1) is 14.9. The summed E-state index contributed by atoms with van der Waals surface area (Å²) in [4.78, 5) is 30.9. The number of carbonyl (C=O) groups excluding carboxylic acids is 2. The molecule has 1 aromatic heterocycles. The Bertz CT molecular complexity index is 1060. The van der Waals surface area contributed by atoms with E-state index in [4.69, 9.17) is 0 Å². The van der Waals surface area contributed by atoms with Crippen LogP contribution in [-0.4, -0.2) is 28.2 Å². The molecule has 0 atom stereocenters. The zero-order valence-corrected chi connectivity index (χ0v) is 17.1. The summed E-state index contributed by atoms with van der Waals surface area (Å²) >= 11 is 0. The molecule has 0 aliphatic carbocycles. The second kappa shape index (κ2) is 10.4. The summed E-state index contributed by atoms with van der Waals surface area (Å²) < 4.78 is 26.8. The SMILES string of the molecule is Cc1ccccc1CN(Cc1cccnc1)C(=O)CCNC(=O)c1ccc(F)cc1F. The molecule has 0 spiro atoms. The molecule has 0 saturated heterocycles. The number of nitrogens with zero attached hydrogens (tertiary/aromatic N) is 2. The van der Waals surface area contributed by atoms with Gasteiger partial charge in [-0.3, -0.25) is 14.6 Å². The number of aromatic nitrogens is 1. The van der Waals surface area contributed by atoms with Crippen LogP contribution in [0.4, 0.5) is 8.78 Å². The Morgan fingerprint density at radius 1 is 1.03 bits per heavy atom. The third kappa shape index (κ3) is 6.18. The summed E-state index contributed by atoms with van der Waals surface area (Å²) in [5.74, 6) is -2.55. The maximum absolute atomic E-state index is 13.8. The van der Waals surface area contributed by atoms with E-state index in [1.165, 1.54) is 0 Å². The van der Waals surface area contributed by atoms with E-state index in [1.807, 2.05) is 43.3 Å². The lowest BCUT2D eigenvalue weighted by Crippen LogP contribution is -2.34. The van der Waals surface area contributed by atoms with Crippen LogP contribution in [0.1, 0.15) is 33.5 Å². The van der Waals surface area contributed by atoms with E-state index in [-0.39, 0.29) is 24.4 Å². The first-order valence-corrected chi connectivity index (χ1v) is 9.88. The van der Waals surface area contributed by atoms with Gasteiger partial charge in [-0.15, -0.1) is 0 Å². The third-order valence-corrected chi connectivity index (χ3v) is 4.87.